The van der Waals surface area contributed by atoms with Crippen LogP contribution >= 0.6 is 11.8 Å². The van der Waals surface area contributed by atoms with E-state index in [-0.39, 0.29) is 11.7 Å². The molecule has 164 valence electrons. The molecule has 2 aromatic heterocycles. The monoisotopic (exact) mass is 440 g/mol. The molecule has 2 unspecified atom stereocenters. The van der Waals surface area contributed by atoms with Gasteiger partial charge in [0.1, 0.15) is 11.5 Å². The zero-order valence-electron chi connectivity index (χ0n) is 17.9. The molecule has 8 heteroatoms. The number of methoxy groups -OCH3 is 1. The van der Waals surface area contributed by atoms with Gasteiger partial charge in [-0.25, -0.2) is 0 Å². The number of hydrogen-bond acceptors (Lipinski definition) is 6. The summed E-state index contributed by atoms with van der Waals surface area (Å²) in [4.78, 5) is 12.4. The van der Waals surface area contributed by atoms with Gasteiger partial charge in [0.2, 0.25) is 5.91 Å². The van der Waals surface area contributed by atoms with Gasteiger partial charge < -0.3 is 14.5 Å². The minimum atomic E-state index is -0.0568. The Morgan fingerprint density at radius 1 is 1.23 bits per heavy atom. The van der Waals surface area contributed by atoms with Gasteiger partial charge in [-0.1, -0.05) is 31.5 Å². The number of nitrogens with one attached hydrogen (secondary N) is 1. The minimum Gasteiger partial charge on any atom is -0.497 e. The number of thioether (sulfide) groups is 1. The molecule has 1 N–H and O–H groups in total. The molecule has 0 saturated heterocycles. The van der Waals surface area contributed by atoms with Crippen LogP contribution in [0.5, 0.6) is 5.75 Å². The van der Waals surface area contributed by atoms with Crippen molar-refractivity contribution in [3.8, 4) is 17.1 Å². The van der Waals surface area contributed by atoms with Crippen LogP contribution in [0.2, 0.25) is 0 Å². The number of carbonyl (C=O) groups is 1. The van der Waals surface area contributed by atoms with Crippen LogP contribution in [-0.4, -0.2) is 33.5 Å². The smallest absolute Gasteiger partial charge is 0.230 e. The molecule has 1 saturated carbocycles. The third kappa shape index (κ3) is 5.12. The second-order valence-electron chi connectivity index (χ2n) is 7.88. The number of rotatable bonds is 8. The molecule has 1 fully saturated rings. The number of carbonyl (C=O) groups excluding carboxylic acids is 1. The maximum Gasteiger partial charge on any atom is 0.230 e. The van der Waals surface area contributed by atoms with Crippen molar-refractivity contribution in [3.63, 3.8) is 0 Å². The molecule has 2 heterocycles. The van der Waals surface area contributed by atoms with Crippen LogP contribution in [0.25, 0.3) is 11.4 Å². The summed E-state index contributed by atoms with van der Waals surface area (Å²) in [5.74, 6) is 3.15. The molecule has 1 amide bonds. The fourth-order valence-corrected chi connectivity index (χ4v) is 4.89. The Kier molecular flexibility index (Phi) is 6.96. The molecule has 2 atom stereocenters. The van der Waals surface area contributed by atoms with E-state index in [1.807, 2.05) is 36.4 Å². The van der Waals surface area contributed by atoms with Gasteiger partial charge in [-0.2, -0.15) is 0 Å². The Bertz CT molecular complexity index is 985. The quantitative estimate of drug-likeness (QED) is 0.511. The summed E-state index contributed by atoms with van der Waals surface area (Å²) in [6.07, 6.45) is 6.35. The van der Waals surface area contributed by atoms with E-state index in [9.17, 15) is 4.79 Å². The Morgan fingerprint density at radius 3 is 2.74 bits per heavy atom. The largest absolute Gasteiger partial charge is 0.497 e. The molecular formula is C23H28N4O3S. The summed E-state index contributed by atoms with van der Waals surface area (Å²) in [5.41, 5.74) is 1.00. The van der Waals surface area contributed by atoms with Crippen LogP contribution < -0.4 is 10.1 Å². The van der Waals surface area contributed by atoms with Crippen molar-refractivity contribution in [1.82, 2.24) is 20.1 Å². The normalized spacial score (nSPS) is 18.6. The van der Waals surface area contributed by atoms with E-state index in [0.717, 1.165) is 34.5 Å². The fraction of sp³-hybridized carbons (Fsp3) is 0.435. The third-order valence-corrected chi connectivity index (χ3v) is 6.73. The van der Waals surface area contributed by atoms with Gasteiger partial charge in [0.15, 0.2) is 11.0 Å². The molecule has 1 aliphatic rings. The van der Waals surface area contributed by atoms with E-state index in [2.05, 4.69) is 27.0 Å². The van der Waals surface area contributed by atoms with Crippen molar-refractivity contribution in [2.45, 2.75) is 50.4 Å². The Balaban J connectivity index is 1.53. The average Bonchev–Trinajstić information content (AvgIpc) is 3.47. The van der Waals surface area contributed by atoms with Gasteiger partial charge in [0.05, 0.1) is 25.7 Å². The Hall–Kier alpha value is -2.74. The zero-order valence-corrected chi connectivity index (χ0v) is 18.7. The molecule has 4 rings (SSSR count). The predicted molar refractivity (Wildman–Crippen MR) is 120 cm³/mol. The third-order valence-electron chi connectivity index (χ3n) is 5.78. The van der Waals surface area contributed by atoms with Crippen molar-refractivity contribution in [2.75, 3.05) is 12.9 Å². The lowest BCUT2D eigenvalue weighted by molar-refractivity contribution is -0.118. The number of amides is 1. The van der Waals surface area contributed by atoms with Crippen LogP contribution in [0.15, 0.2) is 52.2 Å². The van der Waals surface area contributed by atoms with Gasteiger partial charge in [-0.05, 0) is 55.2 Å². The number of hydrogen-bond donors (Lipinski definition) is 1. The molecule has 0 bridgehead atoms. The van der Waals surface area contributed by atoms with E-state index >= 15 is 0 Å². The first-order valence-corrected chi connectivity index (χ1v) is 11.7. The summed E-state index contributed by atoms with van der Waals surface area (Å²) in [6, 6.07) is 11.9. The van der Waals surface area contributed by atoms with E-state index in [4.69, 9.17) is 9.15 Å². The second-order valence-corrected chi connectivity index (χ2v) is 8.82. The number of furan rings is 1. The van der Waals surface area contributed by atoms with E-state index in [1.54, 1.807) is 13.4 Å². The lowest BCUT2D eigenvalue weighted by Crippen LogP contribution is -2.25. The summed E-state index contributed by atoms with van der Waals surface area (Å²) in [5, 5.41) is 12.7. The number of nitrogens with zero attached hydrogens (tertiary/aromatic N) is 3. The van der Waals surface area contributed by atoms with Gasteiger partial charge in [-0.15, -0.1) is 10.2 Å². The summed E-state index contributed by atoms with van der Waals surface area (Å²) in [6.45, 7) is 2.68. The number of ether oxygens (including phenoxy) is 1. The molecule has 0 radical (unpaired) electrons. The maximum absolute atomic E-state index is 12.4. The van der Waals surface area contributed by atoms with Crippen molar-refractivity contribution in [1.29, 1.82) is 0 Å². The van der Waals surface area contributed by atoms with Gasteiger partial charge in [0.25, 0.3) is 0 Å². The molecular weight excluding hydrogens is 412 g/mol. The van der Waals surface area contributed by atoms with Gasteiger partial charge in [0, 0.05) is 11.6 Å². The first kappa shape index (κ1) is 21.5. The highest BCUT2D eigenvalue weighted by atomic mass is 32.2. The molecule has 31 heavy (non-hydrogen) atoms. The van der Waals surface area contributed by atoms with E-state index in [1.165, 1.54) is 31.0 Å². The lowest BCUT2D eigenvalue weighted by atomic mass is 9.85. The highest BCUT2D eigenvalue weighted by molar-refractivity contribution is 7.99. The maximum atomic E-state index is 12.4. The second kappa shape index (κ2) is 10.0. The molecule has 7 nitrogen and oxygen atoms in total. The van der Waals surface area contributed by atoms with Gasteiger partial charge >= 0.3 is 0 Å². The highest BCUT2D eigenvalue weighted by Crippen LogP contribution is 2.39. The van der Waals surface area contributed by atoms with E-state index in [0.29, 0.717) is 18.5 Å². The van der Waals surface area contributed by atoms with Gasteiger partial charge in [-0.3, -0.25) is 9.36 Å². The molecule has 1 aliphatic carbocycles. The van der Waals surface area contributed by atoms with Crippen LogP contribution in [0.1, 0.15) is 44.4 Å². The average molecular weight is 441 g/mol. The van der Waals surface area contributed by atoms with Crippen LogP contribution in [0.4, 0.5) is 0 Å². The minimum absolute atomic E-state index is 0.0568. The van der Waals surface area contributed by atoms with Crippen molar-refractivity contribution >= 4 is 17.7 Å². The Morgan fingerprint density at radius 2 is 2.03 bits per heavy atom. The highest BCUT2D eigenvalue weighted by Gasteiger charge is 2.29. The first-order valence-electron chi connectivity index (χ1n) is 10.7. The molecule has 1 aromatic carbocycles. The number of benzene rings is 1. The Labute approximate surface area is 186 Å². The number of aromatic nitrogens is 3. The zero-order chi connectivity index (χ0) is 21.6. The standard InChI is InChI=1S/C23H28N4O3S/c1-16-6-3-4-8-20(16)27-22(17-9-11-18(29-2)12-10-17)25-26-23(27)31-15-21(28)24-14-19-7-5-13-30-19/h5,7,9-13,16,20H,3-4,6,8,14-15H2,1-2H3,(H,24,28). The molecule has 3 aromatic rings. The van der Waals surface area contributed by atoms with Crippen LogP contribution in [0, 0.1) is 5.92 Å². The van der Waals surface area contributed by atoms with E-state index < -0.39 is 0 Å². The van der Waals surface area contributed by atoms with Crippen LogP contribution in [-0.2, 0) is 11.3 Å². The predicted octanol–water partition coefficient (Wildman–Crippen LogP) is 4.71. The summed E-state index contributed by atoms with van der Waals surface area (Å²) >= 11 is 1.43. The summed E-state index contributed by atoms with van der Waals surface area (Å²) in [7, 11) is 1.66. The summed E-state index contributed by atoms with van der Waals surface area (Å²) < 4.78 is 12.8. The van der Waals surface area contributed by atoms with Crippen molar-refractivity contribution < 1.29 is 13.9 Å². The first-order chi connectivity index (χ1) is 15.2. The fourth-order valence-electron chi connectivity index (χ4n) is 4.07. The molecule has 0 spiro atoms. The topological polar surface area (TPSA) is 82.2 Å². The molecule has 0 aliphatic heterocycles. The lowest BCUT2D eigenvalue weighted by Gasteiger charge is -2.31. The van der Waals surface area contributed by atoms with Crippen molar-refractivity contribution in [3.05, 3.63) is 48.4 Å². The SMILES string of the molecule is COc1ccc(-c2nnc(SCC(=O)NCc3ccco3)n2C2CCCCC2C)cc1. The van der Waals surface area contributed by atoms with Crippen molar-refractivity contribution in [2.24, 2.45) is 5.92 Å². The van der Waals surface area contributed by atoms with Crippen LogP contribution in [0.3, 0.4) is 0 Å².